The number of hydrogen-bond acceptors (Lipinski definition) is 3. The van der Waals surface area contributed by atoms with Crippen LogP contribution in [-0.4, -0.2) is 43.0 Å². The van der Waals surface area contributed by atoms with E-state index in [2.05, 4.69) is 24.1 Å². The van der Waals surface area contributed by atoms with E-state index in [1.165, 1.54) is 12.8 Å². The van der Waals surface area contributed by atoms with Crippen LogP contribution in [0.2, 0.25) is 0 Å². The van der Waals surface area contributed by atoms with Gasteiger partial charge in [-0.1, -0.05) is 13.8 Å². The molecule has 1 unspecified atom stereocenters. The molecule has 0 heterocycles. The molecule has 4 nitrogen and oxygen atoms in total. The van der Waals surface area contributed by atoms with Crippen molar-refractivity contribution < 1.29 is 4.79 Å². The van der Waals surface area contributed by atoms with Crippen LogP contribution in [0.1, 0.15) is 46.0 Å². The molecule has 0 aromatic carbocycles. The fourth-order valence-corrected chi connectivity index (χ4v) is 2.27. The minimum absolute atomic E-state index is 0.186. The Hall–Kier alpha value is -0.610. The number of hydrogen-bond donors (Lipinski definition) is 2. The van der Waals surface area contributed by atoms with Gasteiger partial charge in [0, 0.05) is 25.6 Å². The number of nitrogens with two attached hydrogens (primary N) is 1. The van der Waals surface area contributed by atoms with Gasteiger partial charge in [-0.2, -0.15) is 0 Å². The maximum atomic E-state index is 11.6. The predicted octanol–water partition coefficient (Wildman–Crippen LogP) is 1.35. The first kappa shape index (κ1) is 15.4. The van der Waals surface area contributed by atoms with E-state index in [1.807, 2.05) is 0 Å². The highest BCUT2D eigenvalue weighted by Crippen LogP contribution is 2.25. The standard InChI is InChI=1S/C14H29N3O/c1-3-17(13-5-6-13)11-10-16-14(18)7-4-12(2)8-9-15/h12-13H,3-11,15H2,1-2H3,(H,16,18). The van der Waals surface area contributed by atoms with Crippen molar-refractivity contribution in [2.45, 2.75) is 52.0 Å². The molecule has 0 saturated heterocycles. The van der Waals surface area contributed by atoms with Crippen molar-refractivity contribution in [3.05, 3.63) is 0 Å². The van der Waals surface area contributed by atoms with Crippen LogP contribution in [0.5, 0.6) is 0 Å². The van der Waals surface area contributed by atoms with Crippen LogP contribution >= 0.6 is 0 Å². The Balaban J connectivity index is 2.02. The van der Waals surface area contributed by atoms with Gasteiger partial charge in [-0.3, -0.25) is 9.69 Å². The predicted molar refractivity (Wildman–Crippen MR) is 75.3 cm³/mol. The van der Waals surface area contributed by atoms with Gasteiger partial charge in [0.2, 0.25) is 5.91 Å². The van der Waals surface area contributed by atoms with Crippen molar-refractivity contribution in [2.24, 2.45) is 11.7 Å². The fraction of sp³-hybridized carbons (Fsp3) is 0.929. The number of likely N-dealkylation sites (N-methyl/N-ethyl adjacent to an activating group) is 1. The minimum Gasteiger partial charge on any atom is -0.355 e. The maximum absolute atomic E-state index is 11.6. The Morgan fingerprint density at radius 1 is 1.44 bits per heavy atom. The SMILES string of the molecule is CCN(CCNC(=O)CCC(C)CCN)C1CC1. The summed E-state index contributed by atoms with van der Waals surface area (Å²) in [5, 5.41) is 3.02. The zero-order valence-electron chi connectivity index (χ0n) is 12.0. The van der Waals surface area contributed by atoms with Gasteiger partial charge in [0.15, 0.2) is 0 Å². The zero-order chi connectivity index (χ0) is 13.4. The van der Waals surface area contributed by atoms with E-state index in [4.69, 9.17) is 5.73 Å². The van der Waals surface area contributed by atoms with Gasteiger partial charge in [-0.05, 0) is 44.7 Å². The van der Waals surface area contributed by atoms with Crippen LogP contribution in [0.25, 0.3) is 0 Å². The molecule has 1 amide bonds. The second-order valence-electron chi connectivity index (χ2n) is 5.43. The molecule has 1 aliphatic rings. The first-order valence-corrected chi connectivity index (χ1v) is 7.38. The third kappa shape index (κ3) is 6.36. The van der Waals surface area contributed by atoms with Crippen LogP contribution in [0, 0.1) is 5.92 Å². The summed E-state index contributed by atoms with van der Waals surface area (Å²) < 4.78 is 0. The van der Waals surface area contributed by atoms with Crippen LogP contribution in [0.15, 0.2) is 0 Å². The van der Waals surface area contributed by atoms with Gasteiger partial charge in [0.25, 0.3) is 0 Å². The van der Waals surface area contributed by atoms with E-state index in [-0.39, 0.29) is 5.91 Å². The Morgan fingerprint density at radius 2 is 2.17 bits per heavy atom. The van der Waals surface area contributed by atoms with Crippen molar-refractivity contribution in [1.29, 1.82) is 0 Å². The van der Waals surface area contributed by atoms with Gasteiger partial charge < -0.3 is 11.1 Å². The van der Waals surface area contributed by atoms with E-state index in [0.29, 0.717) is 12.3 Å². The normalized spacial score (nSPS) is 16.9. The van der Waals surface area contributed by atoms with Crippen molar-refractivity contribution in [3.63, 3.8) is 0 Å². The molecule has 106 valence electrons. The van der Waals surface area contributed by atoms with Crippen LogP contribution < -0.4 is 11.1 Å². The van der Waals surface area contributed by atoms with Gasteiger partial charge in [0.1, 0.15) is 0 Å². The molecule has 1 saturated carbocycles. The second kappa shape index (κ2) is 8.48. The first-order chi connectivity index (χ1) is 8.67. The molecule has 0 spiro atoms. The molecule has 1 atom stereocenters. The summed E-state index contributed by atoms with van der Waals surface area (Å²) in [6.45, 7) is 7.93. The second-order valence-corrected chi connectivity index (χ2v) is 5.43. The van der Waals surface area contributed by atoms with E-state index in [9.17, 15) is 4.79 Å². The number of amides is 1. The largest absolute Gasteiger partial charge is 0.355 e. The molecular formula is C14H29N3O. The molecule has 4 heteroatoms. The van der Waals surface area contributed by atoms with Gasteiger partial charge in [0.05, 0.1) is 0 Å². The lowest BCUT2D eigenvalue weighted by atomic mass is 10.0. The average molecular weight is 255 g/mol. The number of carbonyl (C=O) groups is 1. The van der Waals surface area contributed by atoms with Crippen LogP contribution in [-0.2, 0) is 4.79 Å². The smallest absolute Gasteiger partial charge is 0.220 e. The highest BCUT2D eigenvalue weighted by molar-refractivity contribution is 5.75. The van der Waals surface area contributed by atoms with E-state index >= 15 is 0 Å². The molecule has 1 fully saturated rings. The summed E-state index contributed by atoms with van der Waals surface area (Å²) in [4.78, 5) is 14.1. The fourth-order valence-electron chi connectivity index (χ4n) is 2.27. The molecule has 0 aromatic rings. The number of rotatable bonds is 10. The monoisotopic (exact) mass is 255 g/mol. The first-order valence-electron chi connectivity index (χ1n) is 7.38. The van der Waals surface area contributed by atoms with Crippen LogP contribution in [0.4, 0.5) is 0 Å². The van der Waals surface area contributed by atoms with Crippen molar-refractivity contribution in [2.75, 3.05) is 26.2 Å². The van der Waals surface area contributed by atoms with Gasteiger partial charge in [-0.25, -0.2) is 0 Å². The third-order valence-electron chi connectivity index (χ3n) is 3.71. The molecule has 0 aromatic heterocycles. The summed E-state index contributed by atoms with van der Waals surface area (Å²) in [5.41, 5.74) is 5.49. The molecule has 1 aliphatic carbocycles. The molecular weight excluding hydrogens is 226 g/mol. The molecule has 18 heavy (non-hydrogen) atoms. The van der Waals surface area contributed by atoms with Crippen molar-refractivity contribution in [3.8, 4) is 0 Å². The quantitative estimate of drug-likeness (QED) is 0.619. The highest BCUT2D eigenvalue weighted by atomic mass is 16.1. The van der Waals surface area contributed by atoms with Crippen molar-refractivity contribution in [1.82, 2.24) is 10.2 Å². The summed E-state index contributed by atoms with van der Waals surface area (Å²) in [6, 6.07) is 0.788. The highest BCUT2D eigenvalue weighted by Gasteiger charge is 2.27. The lowest BCUT2D eigenvalue weighted by molar-refractivity contribution is -0.121. The Labute approximate surface area is 111 Å². The number of carbonyl (C=O) groups excluding carboxylic acids is 1. The summed E-state index contributed by atoms with van der Waals surface area (Å²) in [5.74, 6) is 0.741. The lowest BCUT2D eigenvalue weighted by Crippen LogP contribution is -2.36. The van der Waals surface area contributed by atoms with E-state index in [1.54, 1.807) is 0 Å². The molecule has 1 rings (SSSR count). The van der Waals surface area contributed by atoms with E-state index in [0.717, 1.165) is 45.1 Å². The summed E-state index contributed by atoms with van der Waals surface area (Å²) >= 11 is 0. The zero-order valence-corrected chi connectivity index (χ0v) is 12.0. The Bertz CT molecular complexity index is 241. The van der Waals surface area contributed by atoms with Gasteiger partial charge in [-0.15, -0.1) is 0 Å². The lowest BCUT2D eigenvalue weighted by Gasteiger charge is -2.19. The van der Waals surface area contributed by atoms with Crippen LogP contribution in [0.3, 0.4) is 0 Å². The Kier molecular flexibility index (Phi) is 7.28. The number of nitrogens with one attached hydrogen (secondary N) is 1. The van der Waals surface area contributed by atoms with E-state index < -0.39 is 0 Å². The minimum atomic E-state index is 0.186. The molecule has 0 aliphatic heterocycles. The maximum Gasteiger partial charge on any atom is 0.220 e. The number of nitrogens with zero attached hydrogens (tertiary/aromatic N) is 1. The Morgan fingerprint density at radius 3 is 2.72 bits per heavy atom. The summed E-state index contributed by atoms with van der Waals surface area (Å²) in [7, 11) is 0. The average Bonchev–Trinajstić information content (AvgIpc) is 3.17. The topological polar surface area (TPSA) is 58.4 Å². The molecule has 3 N–H and O–H groups in total. The molecule has 0 bridgehead atoms. The third-order valence-corrected chi connectivity index (χ3v) is 3.71. The van der Waals surface area contributed by atoms with Gasteiger partial charge >= 0.3 is 0 Å². The van der Waals surface area contributed by atoms with Crippen molar-refractivity contribution >= 4 is 5.91 Å². The molecule has 0 radical (unpaired) electrons. The summed E-state index contributed by atoms with van der Waals surface area (Å²) in [6.07, 6.45) is 5.26.